The number of allylic oxidation sites excluding steroid dienone is 2. The van der Waals surface area contributed by atoms with Crippen molar-refractivity contribution >= 4 is 37.4 Å². The Labute approximate surface area is 254 Å². The summed E-state index contributed by atoms with van der Waals surface area (Å²) in [7, 11) is 0. The molecule has 0 spiro atoms. The molecule has 0 amide bonds. The number of rotatable bonds is 12. The summed E-state index contributed by atoms with van der Waals surface area (Å²) >= 11 is 7.28. The van der Waals surface area contributed by atoms with Gasteiger partial charge in [0.1, 0.15) is 0 Å². The molecule has 3 aromatic rings. The van der Waals surface area contributed by atoms with Crippen molar-refractivity contribution in [2.45, 2.75) is 109 Å². The Morgan fingerprint density at radius 1 is 0.692 bits per heavy atom. The van der Waals surface area contributed by atoms with E-state index in [4.69, 9.17) is 0 Å². The Hall–Kier alpha value is -1.64. The SMILES string of the molecule is CCCCCCC1(CCCCCC)C2=C(CCC(c3ccc(Br)cc3)C2)c2ccc(-c3ccc(Br)cc3)cc21. The second kappa shape index (κ2) is 13.3. The fraction of sp³-hybridized carbons (Fsp3) is 0.459. The molecule has 0 heterocycles. The van der Waals surface area contributed by atoms with Crippen LogP contribution in [-0.2, 0) is 5.41 Å². The van der Waals surface area contributed by atoms with Crippen LogP contribution < -0.4 is 0 Å². The predicted octanol–water partition coefficient (Wildman–Crippen LogP) is 12.8. The van der Waals surface area contributed by atoms with Crippen molar-refractivity contribution in [1.82, 2.24) is 0 Å². The zero-order valence-corrected chi connectivity index (χ0v) is 27.0. The zero-order valence-electron chi connectivity index (χ0n) is 23.9. The molecule has 5 rings (SSSR count). The van der Waals surface area contributed by atoms with E-state index in [1.807, 2.05) is 0 Å². The van der Waals surface area contributed by atoms with Crippen LogP contribution in [0.5, 0.6) is 0 Å². The van der Waals surface area contributed by atoms with Crippen LogP contribution in [0.15, 0.2) is 81.2 Å². The van der Waals surface area contributed by atoms with Crippen molar-refractivity contribution in [1.29, 1.82) is 0 Å². The van der Waals surface area contributed by atoms with Gasteiger partial charge in [-0.2, -0.15) is 0 Å². The molecule has 0 nitrogen and oxygen atoms in total. The summed E-state index contributed by atoms with van der Waals surface area (Å²) in [6, 6.07) is 25.5. The van der Waals surface area contributed by atoms with Crippen LogP contribution in [0, 0.1) is 0 Å². The topological polar surface area (TPSA) is 0 Å². The number of benzene rings is 3. The molecule has 0 radical (unpaired) electrons. The van der Waals surface area contributed by atoms with Gasteiger partial charge in [0.05, 0.1) is 0 Å². The molecular formula is C37H44Br2. The van der Waals surface area contributed by atoms with Crippen molar-refractivity contribution < 1.29 is 0 Å². The van der Waals surface area contributed by atoms with Crippen LogP contribution in [0.1, 0.15) is 120 Å². The Morgan fingerprint density at radius 3 is 1.90 bits per heavy atom. The van der Waals surface area contributed by atoms with Gasteiger partial charge >= 0.3 is 0 Å². The molecule has 2 aliphatic rings. The van der Waals surface area contributed by atoms with E-state index in [-0.39, 0.29) is 5.41 Å². The third kappa shape index (κ3) is 6.33. The molecular weight excluding hydrogens is 604 g/mol. The molecule has 3 aromatic carbocycles. The Kier molecular flexibility index (Phi) is 9.88. The fourth-order valence-corrected chi connectivity index (χ4v) is 7.86. The lowest BCUT2D eigenvalue weighted by Gasteiger charge is -2.38. The maximum atomic E-state index is 3.65. The first-order valence-electron chi connectivity index (χ1n) is 15.4. The summed E-state index contributed by atoms with van der Waals surface area (Å²) in [5, 5.41) is 0. The van der Waals surface area contributed by atoms with Crippen LogP contribution in [0.3, 0.4) is 0 Å². The van der Waals surface area contributed by atoms with E-state index in [1.165, 1.54) is 105 Å². The quantitative estimate of drug-likeness (QED) is 0.172. The molecule has 0 bridgehead atoms. The highest BCUT2D eigenvalue weighted by Gasteiger charge is 2.46. The summed E-state index contributed by atoms with van der Waals surface area (Å²) in [5.74, 6) is 0.628. The molecule has 0 saturated carbocycles. The average Bonchev–Trinajstić information content (AvgIpc) is 3.23. The van der Waals surface area contributed by atoms with Crippen LogP contribution >= 0.6 is 31.9 Å². The van der Waals surface area contributed by atoms with E-state index in [0.29, 0.717) is 5.92 Å². The third-order valence-corrected chi connectivity index (χ3v) is 10.5. The lowest BCUT2D eigenvalue weighted by Crippen LogP contribution is -2.29. The van der Waals surface area contributed by atoms with Gasteiger partial charge in [-0.05, 0) is 102 Å². The Morgan fingerprint density at radius 2 is 1.28 bits per heavy atom. The van der Waals surface area contributed by atoms with E-state index >= 15 is 0 Å². The first-order chi connectivity index (χ1) is 19.1. The van der Waals surface area contributed by atoms with Gasteiger partial charge < -0.3 is 0 Å². The van der Waals surface area contributed by atoms with Gasteiger partial charge in [0.2, 0.25) is 0 Å². The highest BCUT2D eigenvalue weighted by atomic mass is 79.9. The molecule has 39 heavy (non-hydrogen) atoms. The molecule has 0 saturated heterocycles. The number of unbranched alkanes of at least 4 members (excludes halogenated alkanes) is 6. The van der Waals surface area contributed by atoms with Crippen molar-refractivity contribution in [3.05, 3.63) is 97.9 Å². The van der Waals surface area contributed by atoms with Gasteiger partial charge in [0, 0.05) is 14.4 Å². The van der Waals surface area contributed by atoms with E-state index in [1.54, 1.807) is 22.3 Å². The highest BCUT2D eigenvalue weighted by Crippen LogP contribution is 2.59. The van der Waals surface area contributed by atoms with E-state index in [2.05, 4.69) is 112 Å². The van der Waals surface area contributed by atoms with Crippen molar-refractivity contribution in [2.75, 3.05) is 0 Å². The molecule has 0 aromatic heterocycles. The van der Waals surface area contributed by atoms with Gasteiger partial charge in [-0.25, -0.2) is 0 Å². The standard InChI is InChI=1S/C37H44Br2/c1-3-5-7-9-23-37(24-10-8-6-4-2)35-25-29(27-11-17-31(38)18-12-27)15-21-33(35)34-22-16-30(26-36(34)37)28-13-19-32(39)20-14-28/h11-15,17-21,25,30H,3-10,16,22-24,26H2,1-2H3. The van der Waals surface area contributed by atoms with Crippen LogP contribution in [0.4, 0.5) is 0 Å². The predicted molar refractivity (Wildman–Crippen MR) is 176 cm³/mol. The number of fused-ring (bicyclic) bond motifs is 2. The molecule has 0 aliphatic heterocycles. The van der Waals surface area contributed by atoms with Gasteiger partial charge in [-0.1, -0.05) is 139 Å². The minimum Gasteiger partial charge on any atom is -0.0654 e. The first-order valence-corrected chi connectivity index (χ1v) is 17.0. The molecule has 2 heteroatoms. The van der Waals surface area contributed by atoms with E-state index < -0.39 is 0 Å². The van der Waals surface area contributed by atoms with E-state index in [9.17, 15) is 0 Å². The van der Waals surface area contributed by atoms with E-state index in [0.717, 1.165) is 4.47 Å². The van der Waals surface area contributed by atoms with Crippen molar-refractivity contribution in [3.8, 4) is 11.1 Å². The second-order valence-electron chi connectivity index (χ2n) is 11.9. The Bertz CT molecular complexity index is 1250. The maximum Gasteiger partial charge on any atom is 0.0175 e. The Balaban J connectivity index is 1.57. The summed E-state index contributed by atoms with van der Waals surface area (Å²) in [5.41, 5.74) is 11.1. The largest absolute Gasteiger partial charge is 0.0654 e. The minimum absolute atomic E-state index is 0.200. The molecule has 0 N–H and O–H groups in total. The normalized spacial score (nSPS) is 17.8. The summed E-state index contributed by atoms with van der Waals surface area (Å²) < 4.78 is 2.32. The third-order valence-electron chi connectivity index (χ3n) is 9.43. The average molecular weight is 649 g/mol. The lowest BCUT2D eigenvalue weighted by molar-refractivity contribution is 0.372. The lowest BCUT2D eigenvalue weighted by atomic mass is 9.65. The van der Waals surface area contributed by atoms with Crippen LogP contribution in [0.2, 0.25) is 0 Å². The monoisotopic (exact) mass is 646 g/mol. The minimum atomic E-state index is 0.200. The molecule has 206 valence electrons. The fourth-order valence-electron chi connectivity index (χ4n) is 7.33. The van der Waals surface area contributed by atoms with Gasteiger partial charge in [-0.15, -0.1) is 0 Å². The van der Waals surface area contributed by atoms with Gasteiger partial charge in [0.15, 0.2) is 0 Å². The van der Waals surface area contributed by atoms with Crippen molar-refractivity contribution in [3.63, 3.8) is 0 Å². The number of hydrogen-bond acceptors (Lipinski definition) is 0. The first kappa shape index (κ1) is 28.9. The van der Waals surface area contributed by atoms with Gasteiger partial charge in [-0.3, -0.25) is 0 Å². The van der Waals surface area contributed by atoms with Crippen molar-refractivity contribution in [2.24, 2.45) is 0 Å². The number of halogens is 2. The summed E-state index contributed by atoms with van der Waals surface area (Å²) in [4.78, 5) is 0. The molecule has 1 atom stereocenters. The smallest absolute Gasteiger partial charge is 0.0175 e. The summed E-state index contributed by atoms with van der Waals surface area (Å²) in [6.45, 7) is 4.67. The van der Waals surface area contributed by atoms with Crippen LogP contribution in [-0.4, -0.2) is 0 Å². The second-order valence-corrected chi connectivity index (χ2v) is 13.8. The molecule has 0 fully saturated rings. The summed E-state index contributed by atoms with van der Waals surface area (Å²) in [6.07, 6.45) is 17.0. The highest BCUT2D eigenvalue weighted by molar-refractivity contribution is 9.10. The molecule has 2 aliphatic carbocycles. The molecule has 1 unspecified atom stereocenters. The number of hydrogen-bond donors (Lipinski definition) is 0. The van der Waals surface area contributed by atoms with Crippen LogP contribution in [0.25, 0.3) is 16.7 Å². The zero-order chi connectivity index (χ0) is 27.2. The van der Waals surface area contributed by atoms with Gasteiger partial charge in [0.25, 0.3) is 0 Å². The maximum absolute atomic E-state index is 3.65.